The molecule has 0 radical (unpaired) electrons. The van der Waals surface area contributed by atoms with E-state index in [-0.39, 0.29) is 24.2 Å². The fourth-order valence-corrected chi connectivity index (χ4v) is 5.35. The number of nitrogens with two attached hydrogens (primary N) is 1. The molecule has 2 aliphatic heterocycles. The summed E-state index contributed by atoms with van der Waals surface area (Å²) in [5, 5.41) is 24.6. The number of nitrogens with zero attached hydrogens (tertiary/aromatic N) is 2. The number of carbonyl (C=O) groups is 2. The molecule has 10 heteroatoms. The lowest BCUT2D eigenvalue weighted by Gasteiger charge is -2.44. The number of fused-ring (bicyclic) bond motifs is 1. The van der Waals surface area contributed by atoms with Gasteiger partial charge < -0.3 is 35.8 Å². The van der Waals surface area contributed by atoms with Crippen LogP contribution in [0.3, 0.4) is 0 Å². The average Bonchev–Trinajstić information content (AvgIpc) is 3.13. The number of aliphatic hydroxyl groups excluding tert-OH is 2. The number of amides is 2. The fraction of sp³-hybridized carbons (Fsp3) is 0.571. The Balaban J connectivity index is 1.61. The molecule has 0 spiro atoms. The molecule has 2 amide bonds. The van der Waals surface area contributed by atoms with Gasteiger partial charge in [0.15, 0.2) is 5.11 Å². The van der Waals surface area contributed by atoms with E-state index in [0.29, 0.717) is 36.8 Å². The van der Waals surface area contributed by atoms with Gasteiger partial charge in [-0.25, -0.2) is 0 Å². The van der Waals surface area contributed by atoms with Crippen molar-refractivity contribution in [3.63, 3.8) is 0 Å². The van der Waals surface area contributed by atoms with Gasteiger partial charge in [-0.2, -0.15) is 0 Å². The number of hydrogen-bond donors (Lipinski definition) is 4. The summed E-state index contributed by atoms with van der Waals surface area (Å²) < 4.78 is 5.23. The van der Waals surface area contributed by atoms with Crippen LogP contribution in [0.1, 0.15) is 19.3 Å². The van der Waals surface area contributed by atoms with E-state index in [1.807, 2.05) is 29.2 Å². The van der Waals surface area contributed by atoms with Crippen molar-refractivity contribution < 1.29 is 24.5 Å². The minimum Gasteiger partial charge on any atom is -0.497 e. The van der Waals surface area contributed by atoms with E-state index in [1.165, 1.54) is 0 Å². The van der Waals surface area contributed by atoms with Crippen molar-refractivity contribution >= 4 is 34.8 Å². The van der Waals surface area contributed by atoms with Crippen LogP contribution in [0, 0.1) is 11.8 Å². The number of likely N-dealkylation sites (tertiary alicyclic amines) is 1. The molecular weight excluding hydrogens is 420 g/mol. The van der Waals surface area contributed by atoms with E-state index in [4.69, 9.17) is 22.7 Å². The molecule has 1 aliphatic carbocycles. The molecule has 9 nitrogen and oxygen atoms in total. The Kier molecular flexibility index (Phi) is 6.05. The highest BCUT2D eigenvalue weighted by Crippen LogP contribution is 2.38. The van der Waals surface area contributed by atoms with Gasteiger partial charge in [0.1, 0.15) is 11.9 Å². The van der Waals surface area contributed by atoms with E-state index in [9.17, 15) is 19.8 Å². The van der Waals surface area contributed by atoms with Gasteiger partial charge >= 0.3 is 0 Å². The Bertz CT molecular complexity index is 858. The van der Waals surface area contributed by atoms with Crippen molar-refractivity contribution in [2.45, 2.75) is 43.6 Å². The summed E-state index contributed by atoms with van der Waals surface area (Å²) in [6.45, 7) is 0.888. The van der Waals surface area contributed by atoms with Crippen molar-refractivity contribution in [1.82, 2.24) is 10.2 Å². The van der Waals surface area contributed by atoms with Crippen LogP contribution in [0.5, 0.6) is 5.75 Å². The van der Waals surface area contributed by atoms with Gasteiger partial charge in [-0.1, -0.05) is 0 Å². The molecule has 0 unspecified atom stereocenters. The molecule has 0 aromatic heterocycles. The predicted molar refractivity (Wildman–Crippen MR) is 117 cm³/mol. The second-order valence-electron chi connectivity index (χ2n) is 8.44. The van der Waals surface area contributed by atoms with Gasteiger partial charge in [0.05, 0.1) is 31.2 Å². The smallest absolute Gasteiger partial charge is 0.227 e. The number of methoxy groups -OCH3 is 1. The van der Waals surface area contributed by atoms with Crippen molar-refractivity contribution in [2.24, 2.45) is 17.6 Å². The predicted octanol–water partition coefficient (Wildman–Crippen LogP) is -0.407. The molecule has 0 bridgehead atoms. The van der Waals surface area contributed by atoms with E-state index >= 15 is 0 Å². The van der Waals surface area contributed by atoms with Crippen LogP contribution in [-0.4, -0.2) is 76.5 Å². The number of ether oxygens (including phenoxy) is 1. The monoisotopic (exact) mass is 448 g/mol. The molecule has 2 heterocycles. The van der Waals surface area contributed by atoms with Crippen LogP contribution in [0.2, 0.25) is 0 Å². The van der Waals surface area contributed by atoms with E-state index in [2.05, 4.69) is 5.32 Å². The van der Waals surface area contributed by atoms with Crippen LogP contribution in [-0.2, 0) is 9.59 Å². The molecule has 4 rings (SSSR count). The topological polar surface area (TPSA) is 128 Å². The third-order valence-electron chi connectivity index (χ3n) is 6.72. The Morgan fingerprint density at radius 2 is 1.84 bits per heavy atom. The zero-order chi connectivity index (χ0) is 22.3. The number of thiocarbonyl (C=S) groups is 1. The number of benzene rings is 1. The highest BCUT2D eigenvalue weighted by molar-refractivity contribution is 7.80. The summed E-state index contributed by atoms with van der Waals surface area (Å²) >= 11 is 5.54. The lowest BCUT2D eigenvalue weighted by atomic mass is 9.76. The summed E-state index contributed by atoms with van der Waals surface area (Å²) in [6, 6.07) is 6.31. The Hall–Kier alpha value is -2.43. The first-order valence-electron chi connectivity index (χ1n) is 10.5. The Morgan fingerprint density at radius 1 is 1.19 bits per heavy atom. The molecule has 3 fully saturated rings. The molecule has 5 N–H and O–H groups in total. The lowest BCUT2D eigenvalue weighted by molar-refractivity contribution is -0.144. The quantitative estimate of drug-likeness (QED) is 0.458. The second-order valence-corrected chi connectivity index (χ2v) is 8.82. The van der Waals surface area contributed by atoms with E-state index in [0.717, 1.165) is 5.69 Å². The zero-order valence-electron chi connectivity index (χ0n) is 17.3. The van der Waals surface area contributed by atoms with Gasteiger partial charge in [-0.3, -0.25) is 9.59 Å². The second kappa shape index (κ2) is 8.60. The van der Waals surface area contributed by atoms with Crippen LogP contribution < -0.4 is 20.7 Å². The normalized spacial score (nSPS) is 31.2. The van der Waals surface area contributed by atoms with Crippen LogP contribution in [0.25, 0.3) is 0 Å². The highest BCUT2D eigenvalue weighted by Gasteiger charge is 2.54. The molecule has 31 heavy (non-hydrogen) atoms. The van der Waals surface area contributed by atoms with Crippen molar-refractivity contribution in [1.29, 1.82) is 0 Å². The van der Waals surface area contributed by atoms with Gasteiger partial charge in [0, 0.05) is 24.7 Å². The van der Waals surface area contributed by atoms with Gasteiger partial charge in [0.25, 0.3) is 0 Å². The van der Waals surface area contributed by atoms with Gasteiger partial charge in [-0.15, -0.1) is 0 Å². The number of aliphatic hydroxyl groups is 2. The number of nitrogens with one attached hydrogen (secondary N) is 1. The van der Waals surface area contributed by atoms with Crippen molar-refractivity contribution in [3.8, 4) is 5.75 Å². The molecule has 1 aromatic rings. The van der Waals surface area contributed by atoms with Crippen molar-refractivity contribution in [3.05, 3.63) is 24.3 Å². The number of rotatable bonds is 4. The molecule has 1 saturated carbocycles. The number of carbonyl (C=O) groups excluding carboxylic acids is 2. The largest absolute Gasteiger partial charge is 0.497 e. The van der Waals surface area contributed by atoms with Crippen molar-refractivity contribution in [2.75, 3.05) is 25.1 Å². The SMILES string of the molecule is COc1ccc(N2C(=S)N[C@H]3[C@@H](O)[C@H](O)C[C@@H](C(=O)N4CCC(C(N)=O)CC4)[C@@H]32)cc1. The molecule has 3 aliphatic rings. The Morgan fingerprint density at radius 3 is 2.42 bits per heavy atom. The maximum absolute atomic E-state index is 13.5. The first-order valence-corrected chi connectivity index (χ1v) is 10.9. The summed E-state index contributed by atoms with van der Waals surface area (Å²) in [6.07, 6.45) is -0.883. The molecule has 168 valence electrons. The number of primary amides is 1. The van der Waals surface area contributed by atoms with Gasteiger partial charge in [-0.05, 0) is 55.7 Å². The first-order chi connectivity index (χ1) is 14.8. The number of hydrogen-bond acceptors (Lipinski definition) is 6. The first kappa shape index (κ1) is 21.8. The zero-order valence-corrected chi connectivity index (χ0v) is 18.1. The fourth-order valence-electron chi connectivity index (χ4n) is 4.99. The number of anilines is 1. The Labute approximate surface area is 186 Å². The third kappa shape index (κ3) is 3.95. The summed E-state index contributed by atoms with van der Waals surface area (Å²) in [4.78, 5) is 28.6. The van der Waals surface area contributed by atoms with Crippen LogP contribution in [0.15, 0.2) is 24.3 Å². The summed E-state index contributed by atoms with van der Waals surface area (Å²) in [5.41, 5.74) is 6.19. The van der Waals surface area contributed by atoms with E-state index < -0.39 is 30.2 Å². The molecule has 5 atom stereocenters. The minimum atomic E-state index is -1.05. The maximum Gasteiger partial charge on any atom is 0.227 e. The van der Waals surface area contributed by atoms with Crippen LogP contribution in [0.4, 0.5) is 5.69 Å². The van der Waals surface area contributed by atoms with Gasteiger partial charge in [0.2, 0.25) is 11.8 Å². The highest BCUT2D eigenvalue weighted by atomic mass is 32.1. The number of piperidine rings is 1. The maximum atomic E-state index is 13.5. The molecule has 2 saturated heterocycles. The summed E-state index contributed by atoms with van der Waals surface area (Å²) in [7, 11) is 1.59. The van der Waals surface area contributed by atoms with E-state index in [1.54, 1.807) is 12.0 Å². The minimum absolute atomic E-state index is 0.103. The van der Waals surface area contributed by atoms with Crippen LogP contribution >= 0.6 is 12.2 Å². The summed E-state index contributed by atoms with van der Waals surface area (Å²) in [5.74, 6) is -0.522. The third-order valence-corrected chi connectivity index (χ3v) is 7.04. The standard InChI is InChI=1S/C21H28N4O5S/c1-30-13-4-2-12(3-5-13)25-17-14(10-15(26)18(27)16(17)23-21(25)31)20(29)24-8-6-11(7-9-24)19(22)28/h2-5,11,14-18,26-27H,6-10H2,1H3,(H2,22,28)(H,23,31)/t14-,15-,16-,17+,18+/m1/s1. The molecule has 1 aromatic carbocycles. The average molecular weight is 449 g/mol. The molecular formula is C21H28N4O5S. The lowest BCUT2D eigenvalue weighted by Crippen LogP contribution is -2.61.